The molecule has 24 heavy (non-hydrogen) atoms. The predicted octanol–water partition coefficient (Wildman–Crippen LogP) is 3.43. The first-order chi connectivity index (χ1) is 11.7. The highest BCUT2D eigenvalue weighted by Crippen LogP contribution is 2.53. The molecule has 1 aliphatic heterocycles. The maximum atomic E-state index is 13.3. The fourth-order valence-electron chi connectivity index (χ4n) is 3.54. The molecule has 0 unspecified atom stereocenters. The second-order valence-corrected chi connectivity index (χ2v) is 8.01. The second kappa shape index (κ2) is 6.26. The molecule has 2 aliphatic rings. The molecule has 4 rings (SSSR count). The number of benzene rings is 2. The lowest BCUT2D eigenvalue weighted by Gasteiger charge is -2.38. The van der Waals surface area contributed by atoms with Crippen LogP contribution in [0.1, 0.15) is 30.0 Å². The summed E-state index contributed by atoms with van der Waals surface area (Å²) in [6, 6.07) is 18.1. The zero-order chi connectivity index (χ0) is 16.6. The van der Waals surface area contributed by atoms with Gasteiger partial charge in [-0.3, -0.25) is 4.79 Å². The van der Waals surface area contributed by atoms with Crippen LogP contribution in [0.3, 0.4) is 0 Å². The molecule has 0 aromatic heterocycles. The first-order valence-electron chi connectivity index (χ1n) is 8.47. The molecule has 2 aromatic carbocycles. The molecule has 0 radical (unpaired) electrons. The molecule has 1 amide bonds. The summed E-state index contributed by atoms with van der Waals surface area (Å²) in [5, 5.41) is 9.93. The quantitative estimate of drug-likeness (QED) is 0.928. The summed E-state index contributed by atoms with van der Waals surface area (Å²) in [5.74, 6) is 0.185. The number of nitrogens with zero attached hydrogens (tertiary/aromatic N) is 1. The van der Waals surface area contributed by atoms with Crippen molar-refractivity contribution in [3.8, 4) is 0 Å². The maximum absolute atomic E-state index is 13.3. The van der Waals surface area contributed by atoms with Gasteiger partial charge in [0.25, 0.3) is 0 Å². The van der Waals surface area contributed by atoms with E-state index in [1.807, 2.05) is 41.3 Å². The lowest BCUT2D eigenvalue weighted by molar-refractivity contribution is -0.135. The van der Waals surface area contributed by atoms with Crippen molar-refractivity contribution in [2.45, 2.75) is 34.9 Å². The summed E-state index contributed by atoms with van der Waals surface area (Å²) in [5.41, 5.74) is 2.35. The van der Waals surface area contributed by atoms with E-state index in [0.29, 0.717) is 6.54 Å². The Bertz CT molecular complexity index is 742. The summed E-state index contributed by atoms with van der Waals surface area (Å²) in [4.78, 5) is 16.3. The molecular weight excluding hydrogens is 318 g/mol. The SMILES string of the molecule is O=C(N1CCc2ccccc2[C@H]1CO)C1(Sc2ccccc2)CC1. The van der Waals surface area contributed by atoms with Crippen molar-refractivity contribution in [2.24, 2.45) is 0 Å². The highest BCUT2D eigenvalue weighted by atomic mass is 32.2. The first-order valence-corrected chi connectivity index (χ1v) is 9.29. The van der Waals surface area contributed by atoms with Gasteiger partial charge in [-0.2, -0.15) is 0 Å². The van der Waals surface area contributed by atoms with E-state index in [1.54, 1.807) is 11.8 Å². The van der Waals surface area contributed by atoms with E-state index in [4.69, 9.17) is 0 Å². The summed E-state index contributed by atoms with van der Waals surface area (Å²) < 4.78 is -0.332. The average molecular weight is 339 g/mol. The number of carbonyl (C=O) groups excluding carboxylic acids is 1. The van der Waals surface area contributed by atoms with Gasteiger partial charge < -0.3 is 10.0 Å². The van der Waals surface area contributed by atoms with Gasteiger partial charge in [0.2, 0.25) is 5.91 Å². The van der Waals surface area contributed by atoms with E-state index < -0.39 is 0 Å². The van der Waals surface area contributed by atoms with Gasteiger partial charge >= 0.3 is 0 Å². The zero-order valence-corrected chi connectivity index (χ0v) is 14.3. The van der Waals surface area contributed by atoms with Gasteiger partial charge in [0, 0.05) is 11.4 Å². The third kappa shape index (κ3) is 2.74. The monoisotopic (exact) mass is 339 g/mol. The Morgan fingerprint density at radius 3 is 2.54 bits per heavy atom. The van der Waals surface area contributed by atoms with Crippen LogP contribution in [0.25, 0.3) is 0 Å². The summed E-state index contributed by atoms with van der Waals surface area (Å²) >= 11 is 1.68. The van der Waals surface area contributed by atoms with Crippen LogP contribution in [0.5, 0.6) is 0 Å². The molecule has 1 fully saturated rings. The van der Waals surface area contributed by atoms with E-state index in [9.17, 15) is 9.90 Å². The van der Waals surface area contributed by atoms with Crippen molar-refractivity contribution < 1.29 is 9.90 Å². The van der Waals surface area contributed by atoms with Crippen molar-refractivity contribution in [1.29, 1.82) is 0 Å². The van der Waals surface area contributed by atoms with E-state index in [1.165, 1.54) is 5.56 Å². The Hall–Kier alpha value is -1.78. The zero-order valence-electron chi connectivity index (χ0n) is 13.5. The summed E-state index contributed by atoms with van der Waals surface area (Å²) in [7, 11) is 0. The third-order valence-electron chi connectivity index (χ3n) is 5.00. The van der Waals surface area contributed by atoms with Crippen molar-refractivity contribution in [1.82, 2.24) is 4.90 Å². The number of aliphatic hydroxyl groups is 1. The van der Waals surface area contributed by atoms with E-state index in [0.717, 1.165) is 29.7 Å². The molecule has 1 heterocycles. The number of hydrogen-bond acceptors (Lipinski definition) is 3. The van der Waals surface area contributed by atoms with Crippen LogP contribution in [0.4, 0.5) is 0 Å². The van der Waals surface area contributed by atoms with Gasteiger partial charge in [0.05, 0.1) is 17.4 Å². The van der Waals surface area contributed by atoms with Crippen molar-refractivity contribution in [2.75, 3.05) is 13.2 Å². The Labute approximate surface area is 146 Å². The minimum absolute atomic E-state index is 0.0190. The molecule has 0 saturated heterocycles. The molecular formula is C20H21NO2S. The lowest BCUT2D eigenvalue weighted by atomic mass is 9.92. The van der Waals surface area contributed by atoms with Crippen LogP contribution in [0.15, 0.2) is 59.5 Å². The molecule has 3 nitrogen and oxygen atoms in total. The Morgan fingerprint density at radius 1 is 1.12 bits per heavy atom. The molecule has 1 atom stereocenters. The molecule has 1 saturated carbocycles. The number of carbonyl (C=O) groups is 1. The topological polar surface area (TPSA) is 40.5 Å². The Kier molecular flexibility index (Phi) is 4.10. The standard InChI is InChI=1S/C20H21NO2S/c22-14-18-17-9-5-4-6-15(17)10-13-21(18)19(23)20(11-12-20)24-16-7-2-1-3-8-16/h1-9,18,22H,10-14H2/t18-/m1/s1. The minimum atomic E-state index is -0.332. The van der Waals surface area contributed by atoms with Gasteiger partial charge in [0.15, 0.2) is 0 Å². The molecule has 2 aromatic rings. The van der Waals surface area contributed by atoms with Crippen LogP contribution in [0.2, 0.25) is 0 Å². The average Bonchev–Trinajstić information content (AvgIpc) is 3.41. The lowest BCUT2D eigenvalue weighted by Crippen LogP contribution is -2.46. The molecule has 124 valence electrons. The third-order valence-corrected chi connectivity index (χ3v) is 6.48. The number of amides is 1. The van der Waals surface area contributed by atoms with Gasteiger partial charge in [-0.15, -0.1) is 11.8 Å². The highest BCUT2D eigenvalue weighted by Gasteiger charge is 2.54. The van der Waals surface area contributed by atoms with Gasteiger partial charge in [-0.1, -0.05) is 42.5 Å². The fourth-order valence-corrected chi connectivity index (χ4v) is 4.80. The number of thioether (sulfide) groups is 1. The van der Waals surface area contributed by atoms with Crippen LogP contribution < -0.4 is 0 Å². The summed E-state index contributed by atoms with van der Waals surface area (Å²) in [6.45, 7) is 0.674. The number of aliphatic hydroxyl groups excluding tert-OH is 1. The van der Waals surface area contributed by atoms with Crippen LogP contribution in [-0.4, -0.2) is 33.8 Å². The van der Waals surface area contributed by atoms with E-state index >= 15 is 0 Å². The van der Waals surface area contributed by atoms with Gasteiger partial charge in [-0.05, 0) is 42.5 Å². The van der Waals surface area contributed by atoms with E-state index in [2.05, 4.69) is 18.2 Å². The smallest absolute Gasteiger partial charge is 0.239 e. The van der Waals surface area contributed by atoms with Crippen molar-refractivity contribution >= 4 is 17.7 Å². The number of hydrogen-bond donors (Lipinski definition) is 1. The largest absolute Gasteiger partial charge is 0.394 e. The number of fused-ring (bicyclic) bond motifs is 1. The molecule has 0 bridgehead atoms. The van der Waals surface area contributed by atoms with Crippen molar-refractivity contribution in [3.05, 3.63) is 65.7 Å². The fraction of sp³-hybridized carbons (Fsp3) is 0.350. The van der Waals surface area contributed by atoms with Gasteiger partial charge in [-0.25, -0.2) is 0 Å². The maximum Gasteiger partial charge on any atom is 0.239 e. The van der Waals surface area contributed by atoms with Crippen LogP contribution in [-0.2, 0) is 11.2 Å². The van der Waals surface area contributed by atoms with Crippen molar-refractivity contribution in [3.63, 3.8) is 0 Å². The molecule has 1 aliphatic carbocycles. The number of rotatable bonds is 4. The molecule has 4 heteroatoms. The normalized spacial score (nSPS) is 21.2. The Balaban J connectivity index is 1.58. The highest BCUT2D eigenvalue weighted by molar-refractivity contribution is 8.01. The minimum Gasteiger partial charge on any atom is -0.394 e. The predicted molar refractivity (Wildman–Crippen MR) is 95.9 cm³/mol. The molecule has 1 N–H and O–H groups in total. The Morgan fingerprint density at radius 2 is 1.83 bits per heavy atom. The summed E-state index contributed by atoms with van der Waals surface area (Å²) in [6.07, 6.45) is 2.70. The second-order valence-electron chi connectivity index (χ2n) is 6.56. The van der Waals surface area contributed by atoms with Gasteiger partial charge in [0.1, 0.15) is 0 Å². The van der Waals surface area contributed by atoms with E-state index in [-0.39, 0.29) is 23.3 Å². The first kappa shape index (κ1) is 15.7. The molecule has 0 spiro atoms. The van der Waals surface area contributed by atoms with Crippen LogP contribution in [0, 0.1) is 0 Å². The van der Waals surface area contributed by atoms with Crippen LogP contribution >= 0.6 is 11.8 Å².